The summed E-state index contributed by atoms with van der Waals surface area (Å²) in [5.74, 6) is -0.839. The summed E-state index contributed by atoms with van der Waals surface area (Å²) in [5, 5.41) is 11.4. The van der Waals surface area contributed by atoms with E-state index >= 15 is 0 Å². The number of primary amides is 1. The summed E-state index contributed by atoms with van der Waals surface area (Å²) in [6.07, 6.45) is 2.50. The minimum atomic E-state index is -1.26. The molecule has 0 saturated carbocycles. The number of hydrogen-bond acceptors (Lipinski definition) is 3. The van der Waals surface area contributed by atoms with Crippen LogP contribution >= 0.6 is 0 Å². The average molecular weight is 299 g/mol. The van der Waals surface area contributed by atoms with Crippen LogP contribution in [0.3, 0.4) is 0 Å². The maximum atomic E-state index is 12.1. The number of nitrogens with zero attached hydrogens (tertiary/aromatic N) is 1. The number of carbonyl (C=O) groups excluding carboxylic acids is 2. The smallest absolute Gasteiger partial charge is 0.326 e. The number of carboxylic acids is 1. The highest BCUT2D eigenvalue weighted by Gasteiger charge is 2.27. The molecule has 1 rings (SSSR count). The summed E-state index contributed by atoms with van der Waals surface area (Å²) in [7, 11) is 0. The van der Waals surface area contributed by atoms with E-state index in [0.717, 1.165) is 19.3 Å². The molecule has 7 heteroatoms. The summed E-state index contributed by atoms with van der Waals surface area (Å²) in [4.78, 5) is 35.6. The molecule has 0 radical (unpaired) electrons. The lowest BCUT2D eigenvalue weighted by molar-refractivity contribution is -0.140. The zero-order valence-electron chi connectivity index (χ0n) is 12.7. The van der Waals surface area contributed by atoms with Crippen molar-refractivity contribution in [3.05, 3.63) is 0 Å². The fourth-order valence-corrected chi connectivity index (χ4v) is 2.63. The molecule has 4 N–H and O–H groups in total. The van der Waals surface area contributed by atoms with E-state index in [1.165, 1.54) is 0 Å². The van der Waals surface area contributed by atoms with Gasteiger partial charge in [-0.3, -0.25) is 4.79 Å². The van der Waals surface area contributed by atoms with Crippen molar-refractivity contribution >= 4 is 17.9 Å². The van der Waals surface area contributed by atoms with Crippen LogP contribution in [0.5, 0.6) is 0 Å². The van der Waals surface area contributed by atoms with E-state index in [9.17, 15) is 14.4 Å². The molecule has 1 heterocycles. The van der Waals surface area contributed by atoms with Crippen LogP contribution in [0.1, 0.15) is 39.5 Å². The van der Waals surface area contributed by atoms with E-state index < -0.39 is 30.4 Å². The number of urea groups is 1. The second kappa shape index (κ2) is 7.85. The van der Waals surface area contributed by atoms with Gasteiger partial charge in [0.2, 0.25) is 5.91 Å². The molecule has 2 unspecified atom stereocenters. The Balaban J connectivity index is 2.57. The highest BCUT2D eigenvalue weighted by atomic mass is 16.4. The Morgan fingerprint density at radius 2 is 1.95 bits per heavy atom. The zero-order chi connectivity index (χ0) is 16.0. The maximum absolute atomic E-state index is 12.1. The largest absolute Gasteiger partial charge is 0.480 e. The molecule has 1 aliphatic heterocycles. The third kappa shape index (κ3) is 5.61. The first-order valence-corrected chi connectivity index (χ1v) is 7.37. The Kier molecular flexibility index (Phi) is 6.45. The standard InChI is InChI=1S/C14H25N3O4/c1-9(2)10-4-3-6-17(7-5-10)14(21)16-11(13(19)20)8-12(15)18/h9-11H,3-8H2,1-2H3,(H2,15,18)(H,16,21)(H,19,20). The number of hydrogen-bond donors (Lipinski definition) is 3. The number of carbonyl (C=O) groups is 3. The van der Waals surface area contributed by atoms with Gasteiger partial charge in [-0.15, -0.1) is 0 Å². The van der Waals surface area contributed by atoms with Gasteiger partial charge in [-0.05, 0) is 31.1 Å². The summed E-state index contributed by atoms with van der Waals surface area (Å²) in [6.45, 7) is 5.57. The first-order valence-electron chi connectivity index (χ1n) is 7.37. The van der Waals surface area contributed by atoms with Gasteiger partial charge in [0.15, 0.2) is 0 Å². The third-order valence-corrected chi connectivity index (χ3v) is 4.00. The van der Waals surface area contributed by atoms with Gasteiger partial charge in [0.05, 0.1) is 6.42 Å². The van der Waals surface area contributed by atoms with E-state index in [-0.39, 0.29) is 0 Å². The van der Waals surface area contributed by atoms with Crippen LogP contribution < -0.4 is 11.1 Å². The van der Waals surface area contributed by atoms with Gasteiger partial charge in [-0.2, -0.15) is 0 Å². The second-order valence-electron chi connectivity index (χ2n) is 5.93. The van der Waals surface area contributed by atoms with Crippen LogP contribution in [-0.4, -0.2) is 47.0 Å². The van der Waals surface area contributed by atoms with Gasteiger partial charge in [0.1, 0.15) is 6.04 Å². The third-order valence-electron chi connectivity index (χ3n) is 4.00. The molecule has 0 bridgehead atoms. The Labute approximate surface area is 124 Å². The first kappa shape index (κ1) is 17.3. The van der Waals surface area contributed by atoms with Crippen molar-refractivity contribution in [2.24, 2.45) is 17.6 Å². The van der Waals surface area contributed by atoms with Crippen molar-refractivity contribution in [2.75, 3.05) is 13.1 Å². The topological polar surface area (TPSA) is 113 Å². The molecule has 2 atom stereocenters. The molecule has 1 fully saturated rings. The van der Waals surface area contributed by atoms with Gasteiger partial charge in [0.25, 0.3) is 0 Å². The molecule has 21 heavy (non-hydrogen) atoms. The van der Waals surface area contributed by atoms with Crippen molar-refractivity contribution in [2.45, 2.75) is 45.6 Å². The maximum Gasteiger partial charge on any atom is 0.326 e. The zero-order valence-corrected chi connectivity index (χ0v) is 12.7. The molecule has 120 valence electrons. The van der Waals surface area contributed by atoms with Crippen molar-refractivity contribution < 1.29 is 19.5 Å². The van der Waals surface area contributed by atoms with Gasteiger partial charge in [-0.1, -0.05) is 13.8 Å². The van der Waals surface area contributed by atoms with E-state index in [0.29, 0.717) is 24.9 Å². The second-order valence-corrected chi connectivity index (χ2v) is 5.93. The number of nitrogens with two attached hydrogens (primary N) is 1. The lowest BCUT2D eigenvalue weighted by atomic mass is 9.89. The first-order chi connectivity index (χ1) is 9.81. The van der Waals surface area contributed by atoms with E-state index in [1.54, 1.807) is 4.90 Å². The minimum Gasteiger partial charge on any atom is -0.480 e. The minimum absolute atomic E-state index is 0.399. The van der Waals surface area contributed by atoms with Gasteiger partial charge in [0, 0.05) is 13.1 Å². The fraction of sp³-hybridized carbons (Fsp3) is 0.786. The van der Waals surface area contributed by atoms with E-state index in [1.807, 2.05) is 0 Å². The SMILES string of the molecule is CC(C)C1CCCN(C(=O)NC(CC(N)=O)C(=O)O)CC1. The molecule has 0 aromatic rings. The van der Waals surface area contributed by atoms with Crippen molar-refractivity contribution in [3.8, 4) is 0 Å². The molecule has 3 amide bonds. The summed E-state index contributed by atoms with van der Waals surface area (Å²) in [5.41, 5.74) is 4.99. The highest BCUT2D eigenvalue weighted by molar-refractivity contribution is 5.87. The Morgan fingerprint density at radius 1 is 1.29 bits per heavy atom. The van der Waals surface area contributed by atoms with Crippen LogP contribution in [0.15, 0.2) is 0 Å². The van der Waals surface area contributed by atoms with Crippen LogP contribution in [0.2, 0.25) is 0 Å². The molecule has 1 aliphatic rings. The number of aliphatic carboxylic acids is 1. The predicted octanol–water partition coefficient (Wildman–Crippen LogP) is 0.783. The van der Waals surface area contributed by atoms with Crippen molar-refractivity contribution in [1.82, 2.24) is 10.2 Å². The molecular weight excluding hydrogens is 274 g/mol. The number of likely N-dealkylation sites (tertiary alicyclic amines) is 1. The summed E-state index contributed by atoms with van der Waals surface area (Å²) in [6, 6.07) is -1.70. The van der Waals surface area contributed by atoms with Gasteiger partial charge in [-0.25, -0.2) is 9.59 Å². The molecule has 0 spiro atoms. The monoisotopic (exact) mass is 299 g/mol. The fourth-order valence-electron chi connectivity index (χ4n) is 2.63. The quantitative estimate of drug-likeness (QED) is 0.696. The van der Waals surface area contributed by atoms with Crippen molar-refractivity contribution in [3.63, 3.8) is 0 Å². The van der Waals surface area contributed by atoms with Crippen LogP contribution in [0.25, 0.3) is 0 Å². The summed E-state index contributed by atoms with van der Waals surface area (Å²) < 4.78 is 0. The normalized spacial score (nSPS) is 20.7. The van der Waals surface area contributed by atoms with Crippen molar-refractivity contribution in [1.29, 1.82) is 0 Å². The number of nitrogens with one attached hydrogen (secondary N) is 1. The lowest BCUT2D eigenvalue weighted by Crippen LogP contribution is -2.49. The molecular formula is C14H25N3O4. The van der Waals surface area contributed by atoms with Gasteiger partial charge < -0.3 is 21.1 Å². The Morgan fingerprint density at radius 3 is 2.48 bits per heavy atom. The number of amides is 3. The van der Waals surface area contributed by atoms with Gasteiger partial charge >= 0.3 is 12.0 Å². The predicted molar refractivity (Wildman–Crippen MR) is 77.5 cm³/mol. The van der Waals surface area contributed by atoms with E-state index in [4.69, 9.17) is 10.8 Å². The number of rotatable bonds is 5. The molecule has 0 aromatic carbocycles. The molecule has 0 aliphatic carbocycles. The van der Waals surface area contributed by atoms with Crippen LogP contribution in [0, 0.1) is 11.8 Å². The lowest BCUT2D eigenvalue weighted by Gasteiger charge is -2.24. The Hall–Kier alpha value is -1.79. The summed E-state index contributed by atoms with van der Waals surface area (Å²) >= 11 is 0. The van der Waals surface area contributed by atoms with Crippen LogP contribution in [-0.2, 0) is 9.59 Å². The molecule has 1 saturated heterocycles. The highest BCUT2D eigenvalue weighted by Crippen LogP contribution is 2.24. The molecule has 7 nitrogen and oxygen atoms in total. The number of carboxylic acid groups (broad SMARTS) is 1. The van der Waals surface area contributed by atoms with E-state index in [2.05, 4.69) is 19.2 Å². The Bertz CT molecular complexity index is 398. The average Bonchev–Trinajstić information content (AvgIpc) is 2.62. The molecule has 0 aromatic heterocycles. The van der Waals surface area contributed by atoms with Crippen LogP contribution in [0.4, 0.5) is 4.79 Å².